The molecule has 86 valence electrons. The van der Waals surface area contributed by atoms with Crippen LogP contribution in [-0.4, -0.2) is 6.61 Å². The van der Waals surface area contributed by atoms with Crippen LogP contribution in [0.1, 0.15) is 24.4 Å². The Morgan fingerprint density at radius 1 is 1.25 bits per heavy atom. The van der Waals surface area contributed by atoms with E-state index in [0.29, 0.717) is 0 Å². The summed E-state index contributed by atoms with van der Waals surface area (Å²) < 4.78 is 9.33. The summed E-state index contributed by atoms with van der Waals surface area (Å²) in [4.78, 5) is 0. The summed E-state index contributed by atoms with van der Waals surface area (Å²) in [5.41, 5.74) is 2.51. The van der Waals surface area contributed by atoms with E-state index in [1.165, 1.54) is 20.8 Å². The molecule has 0 atom stereocenters. The van der Waals surface area contributed by atoms with E-state index >= 15 is 0 Å². The highest BCUT2D eigenvalue weighted by molar-refractivity contribution is 7.18. The number of aromatic nitrogens is 1. The Balaban J connectivity index is 2.65. The van der Waals surface area contributed by atoms with Gasteiger partial charge in [-0.3, -0.25) is 0 Å². The van der Waals surface area contributed by atoms with Gasteiger partial charge in [0.1, 0.15) is 17.0 Å². The van der Waals surface area contributed by atoms with Gasteiger partial charge in [-0.2, -0.15) is 4.57 Å². The number of hydrogen-bond acceptors (Lipinski definition) is 2. The van der Waals surface area contributed by atoms with Crippen molar-refractivity contribution in [3.8, 4) is 5.75 Å². The lowest BCUT2D eigenvalue weighted by Crippen LogP contribution is -2.33. The van der Waals surface area contributed by atoms with Crippen molar-refractivity contribution in [1.82, 2.24) is 0 Å². The first-order valence-electron chi connectivity index (χ1n) is 5.73. The third kappa shape index (κ3) is 1.80. The van der Waals surface area contributed by atoms with Crippen LogP contribution in [0.5, 0.6) is 5.75 Å². The Hall–Kier alpha value is -1.09. The van der Waals surface area contributed by atoms with Crippen LogP contribution in [0.15, 0.2) is 12.1 Å². The summed E-state index contributed by atoms with van der Waals surface area (Å²) in [6, 6.07) is 4.39. The van der Waals surface area contributed by atoms with Crippen molar-refractivity contribution < 1.29 is 9.30 Å². The van der Waals surface area contributed by atoms with Crippen LogP contribution in [-0.2, 0) is 6.54 Å². The van der Waals surface area contributed by atoms with Gasteiger partial charge in [-0.15, -0.1) is 0 Å². The van der Waals surface area contributed by atoms with E-state index in [9.17, 15) is 0 Å². The zero-order valence-corrected chi connectivity index (χ0v) is 11.1. The van der Waals surface area contributed by atoms with Crippen LogP contribution >= 0.6 is 11.3 Å². The number of aryl methyl sites for hydroxylation is 3. The van der Waals surface area contributed by atoms with Gasteiger partial charge in [0.05, 0.1) is 12.7 Å². The normalized spacial score (nSPS) is 11.0. The summed E-state index contributed by atoms with van der Waals surface area (Å²) >= 11 is 1.85. The molecule has 0 bridgehead atoms. The molecule has 1 aromatic carbocycles. The first-order chi connectivity index (χ1) is 7.67. The molecule has 1 aromatic heterocycles. The van der Waals surface area contributed by atoms with Crippen LogP contribution in [0.25, 0.3) is 10.2 Å². The Bertz CT molecular complexity index is 516. The number of hydrogen-bond donors (Lipinski definition) is 0. The molecule has 0 fully saturated rings. The maximum Gasteiger partial charge on any atom is 0.235 e. The van der Waals surface area contributed by atoms with E-state index in [4.69, 9.17) is 4.74 Å². The predicted octanol–water partition coefficient (Wildman–Crippen LogP) is 3.22. The smallest absolute Gasteiger partial charge is 0.235 e. The minimum absolute atomic E-state index is 0.724. The van der Waals surface area contributed by atoms with E-state index in [0.717, 1.165) is 18.9 Å². The van der Waals surface area contributed by atoms with E-state index in [-0.39, 0.29) is 0 Å². The van der Waals surface area contributed by atoms with Gasteiger partial charge >= 0.3 is 0 Å². The molecule has 0 saturated heterocycles. The molecule has 2 nitrogen and oxygen atoms in total. The van der Waals surface area contributed by atoms with Gasteiger partial charge in [0, 0.05) is 6.92 Å². The lowest BCUT2D eigenvalue weighted by Gasteiger charge is -2.05. The topological polar surface area (TPSA) is 13.1 Å². The molecule has 0 aliphatic carbocycles. The van der Waals surface area contributed by atoms with E-state index in [1.807, 2.05) is 18.3 Å². The standard InChI is InChI=1S/C13H18NOS/c1-5-14-10(4)16-13-7-9(3)12(15-6-2)8-11(13)14/h7-8H,5-6H2,1-4H3/q+1. The lowest BCUT2D eigenvalue weighted by molar-refractivity contribution is -0.669. The average molecular weight is 236 g/mol. The molecular weight excluding hydrogens is 218 g/mol. The quantitative estimate of drug-likeness (QED) is 0.746. The van der Waals surface area contributed by atoms with Crippen LogP contribution in [0, 0.1) is 13.8 Å². The molecular formula is C13H18NOS+. The SMILES string of the molecule is CCOc1cc2c(cc1C)sc(C)[n+]2CC. The molecule has 2 aromatic rings. The zero-order valence-electron chi connectivity index (χ0n) is 10.3. The van der Waals surface area contributed by atoms with Crippen LogP contribution in [0.4, 0.5) is 0 Å². The van der Waals surface area contributed by atoms with Gasteiger partial charge in [0.2, 0.25) is 10.5 Å². The highest BCUT2D eigenvalue weighted by atomic mass is 32.1. The van der Waals surface area contributed by atoms with Gasteiger partial charge < -0.3 is 4.74 Å². The number of fused-ring (bicyclic) bond motifs is 1. The Labute approximate surface area is 100 Å². The molecule has 0 spiro atoms. The monoisotopic (exact) mass is 236 g/mol. The van der Waals surface area contributed by atoms with Gasteiger partial charge in [-0.05, 0) is 32.4 Å². The summed E-state index contributed by atoms with van der Waals surface area (Å²) in [5, 5.41) is 1.35. The summed E-state index contributed by atoms with van der Waals surface area (Å²) in [6.45, 7) is 10.2. The van der Waals surface area contributed by atoms with Crippen molar-refractivity contribution in [3.63, 3.8) is 0 Å². The number of nitrogens with zero attached hydrogens (tertiary/aromatic N) is 1. The van der Waals surface area contributed by atoms with Crippen LogP contribution < -0.4 is 9.30 Å². The molecule has 0 aliphatic rings. The number of benzene rings is 1. The highest BCUT2D eigenvalue weighted by Crippen LogP contribution is 2.28. The Morgan fingerprint density at radius 2 is 2.00 bits per heavy atom. The third-order valence-corrected chi connectivity index (χ3v) is 3.86. The van der Waals surface area contributed by atoms with Crippen molar-refractivity contribution >= 4 is 21.6 Å². The number of ether oxygens (including phenoxy) is 1. The van der Waals surface area contributed by atoms with Crippen molar-refractivity contribution in [2.24, 2.45) is 0 Å². The van der Waals surface area contributed by atoms with Gasteiger partial charge in [-0.25, -0.2) is 0 Å². The number of thiazole rings is 1. The maximum absolute atomic E-state index is 5.64. The van der Waals surface area contributed by atoms with E-state index in [2.05, 4.69) is 37.5 Å². The molecule has 3 heteroatoms. The summed E-state index contributed by atoms with van der Waals surface area (Å²) in [7, 11) is 0. The Morgan fingerprint density at radius 3 is 2.62 bits per heavy atom. The second kappa shape index (κ2) is 4.42. The molecule has 0 aliphatic heterocycles. The molecule has 1 heterocycles. The second-order valence-electron chi connectivity index (χ2n) is 3.88. The maximum atomic E-state index is 5.64. The van der Waals surface area contributed by atoms with Gasteiger partial charge in [0.25, 0.3) is 0 Å². The lowest BCUT2D eigenvalue weighted by atomic mass is 10.2. The number of rotatable bonds is 3. The summed E-state index contributed by atoms with van der Waals surface area (Å²) in [6.07, 6.45) is 0. The van der Waals surface area contributed by atoms with Crippen LogP contribution in [0.2, 0.25) is 0 Å². The molecule has 0 unspecified atom stereocenters. The van der Waals surface area contributed by atoms with E-state index in [1.54, 1.807) is 0 Å². The van der Waals surface area contributed by atoms with Crippen molar-refractivity contribution in [3.05, 3.63) is 22.7 Å². The third-order valence-electron chi connectivity index (χ3n) is 2.80. The zero-order chi connectivity index (χ0) is 11.7. The fourth-order valence-electron chi connectivity index (χ4n) is 2.03. The molecule has 0 N–H and O–H groups in total. The minimum atomic E-state index is 0.724. The first-order valence-corrected chi connectivity index (χ1v) is 6.55. The van der Waals surface area contributed by atoms with Gasteiger partial charge in [0.15, 0.2) is 0 Å². The van der Waals surface area contributed by atoms with Crippen LogP contribution in [0.3, 0.4) is 0 Å². The van der Waals surface area contributed by atoms with Crippen molar-refractivity contribution in [1.29, 1.82) is 0 Å². The molecule has 2 rings (SSSR count). The summed E-state index contributed by atoms with van der Waals surface area (Å²) in [5.74, 6) is 1.01. The molecule has 0 amide bonds. The first kappa shape index (κ1) is 11.4. The molecule has 0 radical (unpaired) electrons. The largest absolute Gasteiger partial charge is 0.493 e. The fraction of sp³-hybridized carbons (Fsp3) is 0.462. The average Bonchev–Trinajstić information content (AvgIpc) is 2.54. The molecule has 16 heavy (non-hydrogen) atoms. The van der Waals surface area contributed by atoms with E-state index < -0.39 is 0 Å². The molecule has 0 saturated carbocycles. The predicted molar refractivity (Wildman–Crippen MR) is 68.3 cm³/mol. The Kier molecular flexibility index (Phi) is 3.15. The second-order valence-corrected chi connectivity index (χ2v) is 5.12. The van der Waals surface area contributed by atoms with Crippen molar-refractivity contribution in [2.45, 2.75) is 34.2 Å². The fourth-order valence-corrected chi connectivity index (χ4v) is 3.20. The minimum Gasteiger partial charge on any atom is -0.493 e. The highest BCUT2D eigenvalue weighted by Gasteiger charge is 2.17. The van der Waals surface area contributed by atoms with Crippen molar-refractivity contribution in [2.75, 3.05) is 6.61 Å². The van der Waals surface area contributed by atoms with Gasteiger partial charge in [-0.1, -0.05) is 11.3 Å².